The first-order chi connectivity index (χ1) is 14.1. The Hall–Kier alpha value is -2.70. The Morgan fingerprint density at radius 2 is 1.93 bits per heavy atom. The fourth-order valence-corrected chi connectivity index (χ4v) is 4.66. The van der Waals surface area contributed by atoms with Gasteiger partial charge < -0.3 is 9.47 Å². The van der Waals surface area contributed by atoms with Gasteiger partial charge in [-0.05, 0) is 37.3 Å². The van der Waals surface area contributed by atoms with E-state index in [-0.39, 0.29) is 0 Å². The zero-order valence-corrected chi connectivity index (χ0v) is 17.5. The lowest BCUT2D eigenvalue weighted by molar-refractivity contribution is 0.242. The molecule has 0 aromatic carbocycles. The fraction of sp³-hybridized carbons (Fsp3) is 0.545. The van der Waals surface area contributed by atoms with Crippen molar-refractivity contribution < 1.29 is 0 Å². The highest BCUT2D eigenvalue weighted by Crippen LogP contribution is 2.36. The van der Waals surface area contributed by atoms with Crippen molar-refractivity contribution in [1.82, 2.24) is 29.3 Å². The summed E-state index contributed by atoms with van der Waals surface area (Å²) in [7, 11) is 3.99. The number of aromatic nitrogens is 6. The predicted molar refractivity (Wildman–Crippen MR) is 114 cm³/mol. The zero-order chi connectivity index (χ0) is 20.0. The Bertz CT molecular complexity index is 977. The van der Waals surface area contributed by atoms with E-state index in [2.05, 4.69) is 33.4 Å². The van der Waals surface area contributed by atoms with Gasteiger partial charge in [0.2, 0.25) is 0 Å². The number of hydrogen-bond acceptors (Lipinski definition) is 5. The molecule has 0 bridgehead atoms. The van der Waals surface area contributed by atoms with Gasteiger partial charge >= 0.3 is 0 Å². The third-order valence-corrected chi connectivity index (χ3v) is 6.36. The summed E-state index contributed by atoms with van der Waals surface area (Å²) in [5.41, 5.74) is 1.90. The standard InChI is InChI=1S/C22H29N7/c1-15-7-4-5-8-18(15)29-22(17-14-28-12-6-9-20(28)24-17)25-21(26-29)16-10-11-19(23-13-16)27(2)3/h10-11,13-15,18H,4-9,12H2,1-3H3. The minimum atomic E-state index is 0.380. The SMILES string of the molecule is CC1CCCCC1n1nc(-c2ccc(N(C)C)nc2)nc1-c1cn2c(n1)CCC2. The molecule has 0 saturated heterocycles. The van der Waals surface area contributed by atoms with Gasteiger partial charge in [0.15, 0.2) is 11.6 Å². The Kier molecular flexibility index (Phi) is 4.60. The molecule has 7 heteroatoms. The molecule has 2 aliphatic rings. The molecular formula is C22H29N7. The van der Waals surface area contributed by atoms with Crippen LogP contribution in [-0.2, 0) is 13.0 Å². The molecule has 3 aromatic rings. The van der Waals surface area contributed by atoms with E-state index < -0.39 is 0 Å². The van der Waals surface area contributed by atoms with Crippen LogP contribution in [0.25, 0.3) is 22.9 Å². The lowest BCUT2D eigenvalue weighted by atomic mass is 9.86. The maximum atomic E-state index is 4.99. The topological polar surface area (TPSA) is 64.7 Å². The highest BCUT2D eigenvalue weighted by atomic mass is 15.4. The van der Waals surface area contributed by atoms with Crippen molar-refractivity contribution in [2.75, 3.05) is 19.0 Å². The molecule has 0 amide bonds. The highest BCUT2D eigenvalue weighted by Gasteiger charge is 2.29. The molecule has 0 radical (unpaired) electrons. The number of pyridine rings is 1. The monoisotopic (exact) mass is 391 g/mol. The summed E-state index contributed by atoms with van der Waals surface area (Å²) in [6.45, 7) is 3.40. The van der Waals surface area contributed by atoms with Crippen LogP contribution in [0.2, 0.25) is 0 Å². The van der Waals surface area contributed by atoms with Gasteiger partial charge in [0.25, 0.3) is 0 Å². The molecule has 1 fully saturated rings. The quantitative estimate of drug-likeness (QED) is 0.673. The summed E-state index contributed by atoms with van der Waals surface area (Å²) >= 11 is 0. The molecule has 5 rings (SSSR count). The van der Waals surface area contributed by atoms with Gasteiger partial charge in [0, 0.05) is 45.0 Å². The fourth-order valence-electron chi connectivity index (χ4n) is 4.66. The van der Waals surface area contributed by atoms with Crippen LogP contribution in [0.5, 0.6) is 0 Å². The average molecular weight is 392 g/mol. The Morgan fingerprint density at radius 1 is 1.07 bits per heavy atom. The average Bonchev–Trinajstić information content (AvgIpc) is 3.42. The van der Waals surface area contributed by atoms with Crippen molar-refractivity contribution in [2.24, 2.45) is 5.92 Å². The Morgan fingerprint density at radius 3 is 2.66 bits per heavy atom. The number of nitrogens with zero attached hydrogens (tertiary/aromatic N) is 7. The van der Waals surface area contributed by atoms with Crippen LogP contribution >= 0.6 is 0 Å². The van der Waals surface area contributed by atoms with Crippen molar-refractivity contribution in [3.8, 4) is 22.9 Å². The zero-order valence-electron chi connectivity index (χ0n) is 17.5. The van der Waals surface area contributed by atoms with Gasteiger partial charge in [-0.3, -0.25) is 0 Å². The number of fused-ring (bicyclic) bond motifs is 1. The second kappa shape index (κ2) is 7.28. The van der Waals surface area contributed by atoms with Crippen molar-refractivity contribution in [3.63, 3.8) is 0 Å². The largest absolute Gasteiger partial charge is 0.363 e. The third-order valence-electron chi connectivity index (χ3n) is 6.36. The highest BCUT2D eigenvalue weighted by molar-refractivity contribution is 5.60. The maximum Gasteiger partial charge on any atom is 0.183 e. The molecule has 0 N–H and O–H groups in total. The molecule has 2 atom stereocenters. The summed E-state index contributed by atoms with van der Waals surface area (Å²) in [6.07, 6.45) is 11.2. The molecule has 29 heavy (non-hydrogen) atoms. The van der Waals surface area contributed by atoms with E-state index in [1.807, 2.05) is 31.3 Å². The smallest absolute Gasteiger partial charge is 0.183 e. The van der Waals surface area contributed by atoms with Gasteiger partial charge in [-0.15, -0.1) is 0 Å². The minimum absolute atomic E-state index is 0.380. The second-order valence-electron chi connectivity index (χ2n) is 8.67. The van der Waals surface area contributed by atoms with Crippen molar-refractivity contribution in [3.05, 3.63) is 30.4 Å². The molecule has 152 valence electrons. The van der Waals surface area contributed by atoms with E-state index >= 15 is 0 Å². The van der Waals surface area contributed by atoms with E-state index in [9.17, 15) is 0 Å². The minimum Gasteiger partial charge on any atom is -0.363 e. The first-order valence-electron chi connectivity index (χ1n) is 10.8. The second-order valence-corrected chi connectivity index (χ2v) is 8.67. The molecule has 4 heterocycles. The van der Waals surface area contributed by atoms with Gasteiger partial charge in [-0.1, -0.05) is 19.8 Å². The maximum absolute atomic E-state index is 4.99. The molecule has 3 aromatic heterocycles. The first kappa shape index (κ1) is 18.3. The van der Waals surface area contributed by atoms with E-state index in [4.69, 9.17) is 15.1 Å². The van der Waals surface area contributed by atoms with Gasteiger partial charge in [0.05, 0.1) is 6.04 Å². The van der Waals surface area contributed by atoms with Crippen molar-refractivity contribution in [2.45, 2.75) is 58.0 Å². The number of imidazole rings is 1. The number of hydrogen-bond donors (Lipinski definition) is 0. The van der Waals surface area contributed by atoms with E-state index in [1.54, 1.807) is 0 Å². The normalized spacial score (nSPS) is 21.3. The third kappa shape index (κ3) is 3.32. The lowest BCUT2D eigenvalue weighted by Gasteiger charge is -2.29. The Balaban J connectivity index is 1.57. The van der Waals surface area contributed by atoms with Crippen LogP contribution in [0.15, 0.2) is 24.5 Å². The Labute approximate surface area is 171 Å². The number of anilines is 1. The molecular weight excluding hydrogens is 362 g/mol. The molecule has 1 saturated carbocycles. The number of aryl methyl sites for hydroxylation is 2. The van der Waals surface area contributed by atoms with E-state index in [0.717, 1.165) is 48.1 Å². The van der Waals surface area contributed by atoms with Gasteiger partial charge in [-0.25, -0.2) is 19.6 Å². The van der Waals surface area contributed by atoms with Crippen molar-refractivity contribution in [1.29, 1.82) is 0 Å². The van der Waals surface area contributed by atoms with E-state index in [1.165, 1.54) is 31.5 Å². The lowest BCUT2D eigenvalue weighted by Crippen LogP contribution is -2.23. The van der Waals surface area contributed by atoms with Crippen molar-refractivity contribution >= 4 is 5.82 Å². The van der Waals surface area contributed by atoms with E-state index in [0.29, 0.717) is 12.0 Å². The molecule has 2 unspecified atom stereocenters. The van der Waals surface area contributed by atoms with Crippen LogP contribution in [-0.4, -0.2) is 43.4 Å². The number of rotatable bonds is 4. The van der Waals surface area contributed by atoms with Crippen LogP contribution in [0.3, 0.4) is 0 Å². The first-order valence-corrected chi connectivity index (χ1v) is 10.8. The molecule has 1 aliphatic heterocycles. The summed E-state index contributed by atoms with van der Waals surface area (Å²) in [4.78, 5) is 16.4. The predicted octanol–water partition coefficient (Wildman–Crippen LogP) is 3.97. The molecule has 7 nitrogen and oxygen atoms in total. The molecule has 0 spiro atoms. The van der Waals surface area contributed by atoms with Gasteiger partial charge in [-0.2, -0.15) is 5.10 Å². The van der Waals surface area contributed by atoms with Crippen LogP contribution in [0.4, 0.5) is 5.82 Å². The summed E-state index contributed by atoms with van der Waals surface area (Å²) in [5, 5.41) is 4.99. The summed E-state index contributed by atoms with van der Waals surface area (Å²) in [5.74, 6) is 4.34. The van der Waals surface area contributed by atoms with Crippen LogP contribution < -0.4 is 4.90 Å². The van der Waals surface area contributed by atoms with Crippen LogP contribution in [0, 0.1) is 5.92 Å². The van der Waals surface area contributed by atoms with Crippen LogP contribution in [0.1, 0.15) is 50.9 Å². The van der Waals surface area contributed by atoms with Gasteiger partial charge in [0.1, 0.15) is 17.3 Å². The summed E-state index contributed by atoms with van der Waals surface area (Å²) in [6, 6.07) is 4.46. The molecule has 1 aliphatic carbocycles. The summed E-state index contributed by atoms with van der Waals surface area (Å²) < 4.78 is 4.43.